The summed E-state index contributed by atoms with van der Waals surface area (Å²) < 4.78 is 6.07. The summed E-state index contributed by atoms with van der Waals surface area (Å²) >= 11 is 2.21. The van der Waals surface area contributed by atoms with Crippen molar-refractivity contribution in [1.29, 1.82) is 0 Å². The molecule has 0 atom stereocenters. The summed E-state index contributed by atoms with van der Waals surface area (Å²) in [6.07, 6.45) is 0. The van der Waals surface area contributed by atoms with E-state index in [-0.39, 0.29) is 11.7 Å². The molecule has 4 heteroatoms. The molecule has 128 valence electrons. The number of carbonyl (C=O) groups excluding carboxylic acids is 1. The second-order valence-corrected chi connectivity index (χ2v) is 7.74. The molecule has 0 amide bonds. The third kappa shape index (κ3) is 3.74. The molecular weight excluding hydrogens is 415 g/mol. The molecule has 0 aliphatic heterocycles. The quantitative estimate of drug-likeness (QED) is 0.533. The Morgan fingerprint density at radius 2 is 1.71 bits per heavy atom. The summed E-state index contributed by atoms with van der Waals surface area (Å²) in [5.41, 5.74) is 4.01. The summed E-state index contributed by atoms with van der Waals surface area (Å²) in [7, 11) is 0. The molecule has 0 saturated carbocycles. The highest BCUT2D eigenvalue weighted by atomic mass is 127. The number of halogens is 1. The van der Waals surface area contributed by atoms with Gasteiger partial charge in [0.1, 0.15) is 5.75 Å². The zero-order valence-corrected chi connectivity index (χ0v) is 16.9. The maximum Gasteiger partial charge on any atom is 0.315 e. The van der Waals surface area contributed by atoms with Crippen molar-refractivity contribution in [3.05, 3.63) is 50.6 Å². The largest absolute Gasteiger partial charge is 0.507 e. The van der Waals surface area contributed by atoms with E-state index in [1.807, 2.05) is 33.8 Å². The molecule has 0 aromatic heterocycles. The number of aromatic hydroxyl groups is 1. The van der Waals surface area contributed by atoms with Gasteiger partial charge in [-0.15, -0.1) is 0 Å². The van der Waals surface area contributed by atoms with Crippen LogP contribution in [0.4, 0.5) is 0 Å². The van der Waals surface area contributed by atoms with Crippen LogP contribution in [0.15, 0.2) is 30.3 Å². The van der Waals surface area contributed by atoms with Crippen molar-refractivity contribution in [2.45, 2.75) is 40.0 Å². The topological polar surface area (TPSA) is 46.5 Å². The van der Waals surface area contributed by atoms with E-state index in [0.717, 1.165) is 31.4 Å². The number of hydrogen-bond acceptors (Lipinski definition) is 3. The van der Waals surface area contributed by atoms with Crippen molar-refractivity contribution in [2.75, 3.05) is 6.61 Å². The maximum atomic E-state index is 12.2. The van der Waals surface area contributed by atoms with Gasteiger partial charge in [-0.2, -0.15) is 0 Å². The predicted octanol–water partition coefficient (Wildman–Crippen LogP) is 5.12. The average Bonchev–Trinajstić information content (AvgIpc) is 2.45. The number of hydrogen-bond donors (Lipinski definition) is 1. The number of aryl methyl sites for hydroxylation is 2. The van der Waals surface area contributed by atoms with E-state index in [9.17, 15) is 9.90 Å². The minimum Gasteiger partial charge on any atom is -0.507 e. The molecule has 1 N–H and O–H groups in total. The zero-order valence-electron chi connectivity index (χ0n) is 14.7. The molecule has 0 fully saturated rings. The molecule has 2 aromatic rings. The Kier molecular flexibility index (Phi) is 5.58. The number of rotatable bonds is 4. The van der Waals surface area contributed by atoms with Gasteiger partial charge in [0.25, 0.3) is 0 Å². The molecule has 0 saturated heterocycles. The number of ether oxygens (including phenoxy) is 1. The Hall–Kier alpha value is -1.56. The lowest BCUT2D eigenvalue weighted by molar-refractivity contribution is -0.148. The minimum absolute atomic E-state index is 0.180. The first-order chi connectivity index (χ1) is 11.2. The van der Waals surface area contributed by atoms with Crippen LogP contribution in [-0.4, -0.2) is 17.7 Å². The molecule has 0 unspecified atom stereocenters. The number of carbonyl (C=O) groups is 1. The van der Waals surface area contributed by atoms with Crippen LogP contribution in [0.25, 0.3) is 11.1 Å². The molecule has 0 heterocycles. The van der Waals surface area contributed by atoms with Gasteiger partial charge in [0, 0.05) is 9.13 Å². The molecule has 3 nitrogen and oxygen atoms in total. The van der Waals surface area contributed by atoms with E-state index >= 15 is 0 Å². The third-order valence-corrected chi connectivity index (χ3v) is 4.94. The van der Waals surface area contributed by atoms with Crippen molar-refractivity contribution in [3.63, 3.8) is 0 Å². The Labute approximate surface area is 157 Å². The summed E-state index contributed by atoms with van der Waals surface area (Å²) in [6, 6.07) is 9.84. The van der Waals surface area contributed by atoms with Gasteiger partial charge in [-0.1, -0.05) is 29.3 Å². The number of esters is 1. The molecule has 2 aromatic carbocycles. The van der Waals surface area contributed by atoms with Gasteiger partial charge in [-0.25, -0.2) is 0 Å². The van der Waals surface area contributed by atoms with Gasteiger partial charge in [-0.3, -0.25) is 4.79 Å². The first-order valence-corrected chi connectivity index (χ1v) is 9.03. The van der Waals surface area contributed by atoms with Crippen LogP contribution in [0.2, 0.25) is 0 Å². The second-order valence-electron chi connectivity index (χ2n) is 6.57. The van der Waals surface area contributed by atoms with Crippen molar-refractivity contribution in [3.8, 4) is 16.9 Å². The van der Waals surface area contributed by atoms with E-state index in [4.69, 9.17) is 4.74 Å². The lowest BCUT2D eigenvalue weighted by Gasteiger charge is -2.24. The lowest BCUT2D eigenvalue weighted by Crippen LogP contribution is -2.31. The van der Waals surface area contributed by atoms with Crippen LogP contribution in [0.5, 0.6) is 5.75 Å². The van der Waals surface area contributed by atoms with E-state index in [2.05, 4.69) is 40.8 Å². The highest BCUT2D eigenvalue weighted by Gasteiger charge is 2.32. The van der Waals surface area contributed by atoms with Gasteiger partial charge >= 0.3 is 5.97 Å². The van der Waals surface area contributed by atoms with Crippen molar-refractivity contribution in [2.24, 2.45) is 0 Å². The van der Waals surface area contributed by atoms with Crippen LogP contribution in [0, 0.1) is 17.4 Å². The summed E-state index contributed by atoms with van der Waals surface area (Å²) in [5.74, 6) is -0.112. The number of phenolic OH excluding ortho intramolecular Hbond substituents is 1. The highest BCUT2D eigenvalue weighted by molar-refractivity contribution is 14.1. The molecule has 0 radical (unpaired) electrons. The molecule has 2 rings (SSSR count). The predicted molar refractivity (Wildman–Crippen MR) is 105 cm³/mol. The van der Waals surface area contributed by atoms with Crippen LogP contribution in [-0.2, 0) is 14.9 Å². The maximum absolute atomic E-state index is 12.2. The Balaban J connectivity index is 2.55. The summed E-state index contributed by atoms with van der Waals surface area (Å²) in [5, 5.41) is 10.6. The molecule has 0 aliphatic rings. The van der Waals surface area contributed by atoms with Gasteiger partial charge in [0.2, 0.25) is 0 Å². The minimum atomic E-state index is -0.811. The first-order valence-electron chi connectivity index (χ1n) is 7.95. The van der Waals surface area contributed by atoms with Crippen LogP contribution in [0.1, 0.15) is 37.5 Å². The average molecular weight is 438 g/mol. The van der Waals surface area contributed by atoms with E-state index < -0.39 is 5.41 Å². The Morgan fingerprint density at radius 1 is 1.12 bits per heavy atom. The van der Waals surface area contributed by atoms with Gasteiger partial charge in [0.05, 0.1) is 12.0 Å². The first kappa shape index (κ1) is 18.8. The second kappa shape index (κ2) is 7.13. The third-order valence-electron chi connectivity index (χ3n) is 4.09. The van der Waals surface area contributed by atoms with Crippen molar-refractivity contribution >= 4 is 28.6 Å². The van der Waals surface area contributed by atoms with Crippen LogP contribution < -0.4 is 0 Å². The summed E-state index contributed by atoms with van der Waals surface area (Å²) in [6.45, 7) is 9.83. The van der Waals surface area contributed by atoms with Gasteiger partial charge in [0.15, 0.2) is 0 Å². The van der Waals surface area contributed by atoms with Crippen molar-refractivity contribution < 1.29 is 14.6 Å². The van der Waals surface area contributed by atoms with Gasteiger partial charge < -0.3 is 9.84 Å². The monoisotopic (exact) mass is 438 g/mol. The highest BCUT2D eigenvalue weighted by Crippen LogP contribution is 2.39. The van der Waals surface area contributed by atoms with Crippen LogP contribution >= 0.6 is 22.6 Å². The number of phenols is 1. The Bertz CT molecular complexity index is 735. The molecule has 0 bridgehead atoms. The van der Waals surface area contributed by atoms with E-state index in [1.165, 1.54) is 0 Å². The van der Waals surface area contributed by atoms with E-state index in [1.54, 1.807) is 13.0 Å². The Morgan fingerprint density at radius 3 is 2.21 bits per heavy atom. The standard InChI is InChI=1S/C20H23IO3/c1-6-24-19(23)20(4,5)15-10-16(21)18(17(22)11-15)14-8-12(2)7-13(3)9-14/h7-11,22H,6H2,1-5H3. The molecule has 0 aliphatic carbocycles. The smallest absolute Gasteiger partial charge is 0.315 e. The SMILES string of the molecule is CCOC(=O)C(C)(C)c1cc(O)c(-c2cc(C)cc(C)c2)c(I)c1. The zero-order chi connectivity index (χ0) is 18.1. The van der Waals surface area contributed by atoms with E-state index in [0.29, 0.717) is 6.61 Å². The fraction of sp³-hybridized carbons (Fsp3) is 0.350. The molecule has 24 heavy (non-hydrogen) atoms. The normalized spacial score (nSPS) is 11.4. The fourth-order valence-corrected chi connectivity index (χ4v) is 3.71. The number of benzene rings is 2. The van der Waals surface area contributed by atoms with Crippen molar-refractivity contribution in [1.82, 2.24) is 0 Å². The fourth-order valence-electron chi connectivity index (χ4n) is 2.79. The summed E-state index contributed by atoms with van der Waals surface area (Å²) in [4.78, 5) is 12.2. The van der Waals surface area contributed by atoms with Gasteiger partial charge in [-0.05, 0) is 80.5 Å². The van der Waals surface area contributed by atoms with Crippen LogP contribution in [0.3, 0.4) is 0 Å². The molecular formula is C20H23IO3. The molecule has 0 spiro atoms. The lowest BCUT2D eigenvalue weighted by atomic mass is 9.83.